The number of nitrogens with zero attached hydrogens (tertiary/aromatic N) is 1. The average molecular weight is 620 g/mol. The Morgan fingerprint density at radius 2 is 1.44 bits per heavy atom. The van der Waals surface area contributed by atoms with Gasteiger partial charge in [-0.05, 0) is 79.5 Å². The largest absolute Gasteiger partial charge is 0.493 e. The van der Waals surface area contributed by atoms with E-state index in [1.54, 1.807) is 40.4 Å². The Hall–Kier alpha value is -4.40. The van der Waals surface area contributed by atoms with Gasteiger partial charge in [0.15, 0.2) is 23.0 Å². The van der Waals surface area contributed by atoms with E-state index in [2.05, 4.69) is 0 Å². The van der Waals surface area contributed by atoms with Gasteiger partial charge in [-0.25, -0.2) is 4.79 Å². The van der Waals surface area contributed by atoms with Gasteiger partial charge < -0.3 is 33.3 Å². The van der Waals surface area contributed by atoms with Crippen LogP contribution in [0.3, 0.4) is 0 Å². The van der Waals surface area contributed by atoms with Crippen molar-refractivity contribution >= 4 is 11.9 Å². The van der Waals surface area contributed by atoms with Crippen molar-refractivity contribution in [3.05, 3.63) is 77.4 Å². The molecule has 9 heteroatoms. The van der Waals surface area contributed by atoms with E-state index in [0.29, 0.717) is 61.0 Å². The Morgan fingerprint density at radius 1 is 0.778 bits per heavy atom. The van der Waals surface area contributed by atoms with E-state index in [9.17, 15) is 9.59 Å². The standard InChI is InChI=1S/C36H45NO8/c1-7-27(26-22-32(42-4)34(44-6)33(23-26)43-5)35(38)37-20-12-11-15-28(37)36(39)45-29(25-13-9-8-10-14-25)18-16-24-17-19-30(40-2)31(21-24)41-3/h8-10,13-14,17,19,21-23,27-29H,7,11-12,15-16,18,20H2,1-6H3/t27-,28-,29?/m0/s1. The summed E-state index contributed by atoms with van der Waals surface area (Å²) in [6.07, 6.45) is 3.48. The Labute approximate surface area is 266 Å². The molecule has 1 amide bonds. The van der Waals surface area contributed by atoms with Crippen molar-refractivity contribution in [2.45, 2.75) is 63.5 Å². The van der Waals surface area contributed by atoms with E-state index in [1.165, 1.54) is 0 Å². The molecule has 4 rings (SSSR count). The van der Waals surface area contributed by atoms with Crippen LogP contribution in [0.2, 0.25) is 0 Å². The average Bonchev–Trinajstić information content (AvgIpc) is 3.09. The molecule has 3 aromatic carbocycles. The molecule has 1 heterocycles. The predicted molar refractivity (Wildman–Crippen MR) is 172 cm³/mol. The van der Waals surface area contributed by atoms with Gasteiger partial charge in [0.2, 0.25) is 11.7 Å². The first-order valence-corrected chi connectivity index (χ1v) is 15.5. The zero-order chi connectivity index (χ0) is 32.3. The van der Waals surface area contributed by atoms with Crippen molar-refractivity contribution in [2.24, 2.45) is 0 Å². The molecule has 0 N–H and O–H groups in total. The van der Waals surface area contributed by atoms with Crippen LogP contribution in [-0.2, 0) is 20.7 Å². The third kappa shape index (κ3) is 7.82. The van der Waals surface area contributed by atoms with Crippen LogP contribution >= 0.6 is 0 Å². The molecular weight excluding hydrogens is 574 g/mol. The van der Waals surface area contributed by atoms with Crippen LogP contribution in [0.15, 0.2) is 60.7 Å². The highest BCUT2D eigenvalue weighted by Gasteiger charge is 2.38. The molecular formula is C36H45NO8. The number of aryl methyl sites for hydroxylation is 1. The van der Waals surface area contributed by atoms with E-state index in [4.69, 9.17) is 28.4 Å². The fraction of sp³-hybridized carbons (Fsp3) is 0.444. The topological polar surface area (TPSA) is 92.8 Å². The number of piperidine rings is 1. The Bertz CT molecular complexity index is 1400. The van der Waals surface area contributed by atoms with Gasteiger partial charge in [-0.1, -0.05) is 43.3 Å². The van der Waals surface area contributed by atoms with Gasteiger partial charge in [0.25, 0.3) is 0 Å². The number of rotatable bonds is 14. The first-order chi connectivity index (χ1) is 21.9. The number of methoxy groups -OCH3 is 5. The second-order valence-electron chi connectivity index (χ2n) is 11.0. The minimum atomic E-state index is -0.672. The van der Waals surface area contributed by atoms with Crippen molar-refractivity contribution in [3.63, 3.8) is 0 Å². The number of benzene rings is 3. The number of amides is 1. The summed E-state index contributed by atoms with van der Waals surface area (Å²) in [6.45, 7) is 2.45. The molecule has 1 aliphatic heterocycles. The number of likely N-dealkylation sites (tertiary alicyclic amines) is 1. The summed E-state index contributed by atoms with van der Waals surface area (Å²) in [7, 11) is 7.86. The van der Waals surface area contributed by atoms with Crippen molar-refractivity contribution in [3.8, 4) is 28.7 Å². The van der Waals surface area contributed by atoms with Gasteiger partial charge >= 0.3 is 5.97 Å². The highest BCUT2D eigenvalue weighted by molar-refractivity contribution is 5.89. The highest BCUT2D eigenvalue weighted by atomic mass is 16.5. The van der Waals surface area contributed by atoms with Gasteiger partial charge in [0.05, 0.1) is 41.5 Å². The van der Waals surface area contributed by atoms with Crippen LogP contribution in [0.4, 0.5) is 0 Å². The SMILES string of the molecule is CC[C@H](C(=O)N1CCCC[C@H]1C(=O)OC(CCc1ccc(OC)c(OC)c1)c1ccccc1)c1cc(OC)c(OC)c(OC)c1. The summed E-state index contributed by atoms with van der Waals surface area (Å²) in [4.78, 5) is 29.8. The third-order valence-electron chi connectivity index (χ3n) is 8.43. The van der Waals surface area contributed by atoms with Crippen molar-refractivity contribution in [2.75, 3.05) is 42.1 Å². The first kappa shape index (κ1) is 33.5. The normalized spacial score (nSPS) is 15.9. The monoisotopic (exact) mass is 619 g/mol. The molecule has 1 fully saturated rings. The second-order valence-corrected chi connectivity index (χ2v) is 11.0. The number of hydrogen-bond donors (Lipinski definition) is 0. The lowest BCUT2D eigenvalue weighted by Gasteiger charge is -2.37. The maximum Gasteiger partial charge on any atom is 0.329 e. The first-order valence-electron chi connectivity index (χ1n) is 15.5. The molecule has 0 aliphatic carbocycles. The van der Waals surface area contributed by atoms with Crippen LogP contribution in [0, 0.1) is 0 Å². The van der Waals surface area contributed by atoms with Crippen LogP contribution in [0.25, 0.3) is 0 Å². The van der Waals surface area contributed by atoms with Crippen LogP contribution in [-0.4, -0.2) is 64.9 Å². The zero-order valence-corrected chi connectivity index (χ0v) is 27.2. The summed E-state index contributed by atoms with van der Waals surface area (Å²) in [5.74, 6) is 1.73. The molecule has 3 atom stereocenters. The lowest BCUT2D eigenvalue weighted by Crippen LogP contribution is -2.50. The molecule has 242 valence electrons. The Kier molecular flexibility index (Phi) is 12.0. The quantitative estimate of drug-likeness (QED) is 0.188. The molecule has 0 saturated carbocycles. The van der Waals surface area contributed by atoms with E-state index >= 15 is 0 Å². The van der Waals surface area contributed by atoms with E-state index in [-0.39, 0.29) is 11.9 Å². The molecule has 45 heavy (non-hydrogen) atoms. The summed E-state index contributed by atoms with van der Waals surface area (Å²) < 4.78 is 33.7. The number of carbonyl (C=O) groups excluding carboxylic acids is 2. The van der Waals surface area contributed by atoms with Gasteiger partial charge in [0.1, 0.15) is 12.1 Å². The molecule has 0 aromatic heterocycles. The third-order valence-corrected chi connectivity index (χ3v) is 8.43. The second kappa shape index (κ2) is 16.1. The van der Waals surface area contributed by atoms with Crippen LogP contribution in [0.5, 0.6) is 28.7 Å². The molecule has 1 unspecified atom stereocenters. The van der Waals surface area contributed by atoms with Crippen LogP contribution in [0.1, 0.15) is 67.7 Å². The van der Waals surface area contributed by atoms with E-state index in [1.807, 2.05) is 67.6 Å². The summed E-state index contributed by atoms with van der Waals surface area (Å²) >= 11 is 0. The maximum atomic E-state index is 14.2. The molecule has 0 radical (unpaired) electrons. The van der Waals surface area contributed by atoms with Crippen molar-refractivity contribution < 1.29 is 38.0 Å². The molecule has 0 spiro atoms. The number of carbonyl (C=O) groups is 2. The number of ether oxygens (including phenoxy) is 6. The number of esters is 1. The Morgan fingerprint density at radius 3 is 2.04 bits per heavy atom. The van der Waals surface area contributed by atoms with Gasteiger partial charge in [-0.3, -0.25) is 4.79 Å². The fourth-order valence-corrected chi connectivity index (χ4v) is 6.01. The Balaban J connectivity index is 1.56. The molecule has 0 bridgehead atoms. The minimum Gasteiger partial charge on any atom is -0.493 e. The van der Waals surface area contributed by atoms with Crippen LogP contribution < -0.4 is 23.7 Å². The van der Waals surface area contributed by atoms with E-state index < -0.39 is 18.1 Å². The number of hydrogen-bond acceptors (Lipinski definition) is 8. The van der Waals surface area contributed by atoms with Gasteiger partial charge in [0, 0.05) is 6.54 Å². The zero-order valence-electron chi connectivity index (χ0n) is 27.2. The lowest BCUT2D eigenvalue weighted by molar-refractivity contribution is -0.162. The predicted octanol–water partition coefficient (Wildman–Crippen LogP) is 6.52. The van der Waals surface area contributed by atoms with Crippen molar-refractivity contribution in [1.82, 2.24) is 4.90 Å². The lowest BCUT2D eigenvalue weighted by atomic mass is 9.91. The molecule has 1 aliphatic rings. The smallest absolute Gasteiger partial charge is 0.329 e. The maximum absolute atomic E-state index is 14.2. The molecule has 9 nitrogen and oxygen atoms in total. The molecule has 3 aromatic rings. The molecule has 1 saturated heterocycles. The summed E-state index contributed by atoms with van der Waals surface area (Å²) in [5.41, 5.74) is 2.69. The fourth-order valence-electron chi connectivity index (χ4n) is 6.01. The highest BCUT2D eigenvalue weighted by Crippen LogP contribution is 2.41. The van der Waals surface area contributed by atoms with Gasteiger partial charge in [-0.2, -0.15) is 0 Å². The summed E-state index contributed by atoms with van der Waals surface area (Å²) in [5, 5.41) is 0. The van der Waals surface area contributed by atoms with Crippen molar-refractivity contribution in [1.29, 1.82) is 0 Å². The summed E-state index contributed by atoms with van der Waals surface area (Å²) in [6, 6.07) is 18.5. The van der Waals surface area contributed by atoms with Gasteiger partial charge in [-0.15, -0.1) is 0 Å². The van der Waals surface area contributed by atoms with E-state index in [0.717, 1.165) is 29.5 Å². The minimum absolute atomic E-state index is 0.116.